The number of carboxylic acid groups (broad SMARTS) is 3. The van der Waals surface area contributed by atoms with Crippen molar-refractivity contribution in [1.82, 2.24) is 10.6 Å². The van der Waals surface area contributed by atoms with Crippen molar-refractivity contribution in [2.45, 2.75) is 128 Å². The molecule has 257 valence electrons. The van der Waals surface area contributed by atoms with Crippen LogP contribution in [0.4, 0.5) is 0 Å². The second kappa shape index (κ2) is 20.3. The van der Waals surface area contributed by atoms with Gasteiger partial charge in [0.1, 0.15) is 0 Å². The van der Waals surface area contributed by atoms with Gasteiger partial charge in [-0.25, -0.2) is 0 Å². The van der Waals surface area contributed by atoms with E-state index in [-0.39, 0.29) is 184 Å². The van der Waals surface area contributed by atoms with E-state index in [0.717, 1.165) is 19.3 Å². The van der Waals surface area contributed by atoms with E-state index in [4.69, 9.17) is 10.6 Å². The van der Waals surface area contributed by atoms with Crippen LogP contribution in [-0.2, 0) is 31.5 Å². The van der Waals surface area contributed by atoms with E-state index in [2.05, 4.69) is 51.0 Å². The van der Waals surface area contributed by atoms with Crippen molar-refractivity contribution >= 4 is 17.9 Å². The Morgan fingerprint density at radius 2 is 1.31 bits per heavy atom. The molecule has 0 aromatic heterocycles. The van der Waals surface area contributed by atoms with Crippen molar-refractivity contribution in [3.8, 4) is 0 Å². The molecule has 5 rings (SSSR count). The Hall–Kier alpha value is 1.51. The number of fused-ring (bicyclic) bond motifs is 8. The second-order valence-electron chi connectivity index (χ2n) is 14.9. The smallest absolute Gasteiger partial charge is 0.656 e. The van der Waals surface area contributed by atoms with Gasteiger partial charge in [0, 0.05) is 42.1 Å². The molecule has 0 aromatic rings. The molecule has 0 saturated carbocycles. The van der Waals surface area contributed by atoms with Crippen molar-refractivity contribution in [3.63, 3.8) is 0 Å². The number of hydrogen-bond donors (Lipinski definition) is 2. The molecule has 48 heavy (non-hydrogen) atoms. The maximum atomic E-state index is 12.7. The maximum absolute atomic E-state index is 12.7. The van der Waals surface area contributed by atoms with Crippen LogP contribution in [-0.4, -0.2) is 66.2 Å². The minimum atomic E-state index is -1.26. The Labute approximate surface area is 364 Å². The Bertz CT molecular complexity index is 1110. The van der Waals surface area contributed by atoms with Gasteiger partial charge in [0.05, 0.1) is 0 Å². The Balaban J connectivity index is 0.00000288. The van der Waals surface area contributed by atoms with Gasteiger partial charge in [-0.2, -0.15) is 0 Å². The number of nitrogens with one attached hydrogen (secondary N) is 2. The summed E-state index contributed by atoms with van der Waals surface area (Å²) in [6.07, 6.45) is 5.18. The van der Waals surface area contributed by atoms with E-state index in [9.17, 15) is 29.7 Å². The molecule has 5 aliphatic heterocycles. The largest absolute Gasteiger partial charge is 2.00 e. The third-order valence-corrected chi connectivity index (χ3v) is 12.9. The molecule has 5 fully saturated rings. The first-order valence-electron chi connectivity index (χ1n) is 17.0. The summed E-state index contributed by atoms with van der Waals surface area (Å²) in [5, 5.41) is 54.8. The molecular weight excluding hydrogens is 693 g/mol. The molecule has 5 heterocycles. The molecule has 2 N–H and O–H groups in total. The topological polar surface area (TPSA) is 173 Å². The van der Waals surface area contributed by atoms with E-state index >= 15 is 0 Å². The molecule has 1 radical (unpaired) electrons. The predicted molar refractivity (Wildman–Crippen MR) is 161 cm³/mol. The number of carbonyl (C=O) groups is 3. The van der Waals surface area contributed by atoms with Crippen LogP contribution in [0.5, 0.6) is 0 Å². The monoisotopic (exact) mass is 743 g/mol. The van der Waals surface area contributed by atoms with Crippen LogP contribution in [0, 0.1) is 53.3 Å². The van der Waals surface area contributed by atoms with Crippen LogP contribution in [0.25, 0.3) is 10.6 Å². The normalized spacial score (nSPS) is 44.6. The Morgan fingerprint density at radius 3 is 1.88 bits per heavy atom. The molecule has 8 bridgehead atoms. The zero-order valence-corrected chi connectivity index (χ0v) is 37.1. The SMILES string of the molecule is C=CC1C2CC3NC(CC4[N-]C(C(CC(=O)[O-])C5NC(CC([N-]2)C1C)C(C)C5CCC(=O)[O-])C(C(=O)[O-])C4C)C(CC)C3C.[Cu+2].[Na+].[Na+].[Na+]. The van der Waals surface area contributed by atoms with E-state index in [1.165, 1.54) is 0 Å². The fraction of sp³-hybridized carbons (Fsp3) is 0.853. The van der Waals surface area contributed by atoms with Crippen LogP contribution in [0.2, 0.25) is 0 Å². The molecule has 0 aromatic carbocycles. The van der Waals surface area contributed by atoms with Gasteiger partial charge in [-0.1, -0.05) is 78.2 Å². The summed E-state index contributed by atoms with van der Waals surface area (Å²) in [6.45, 7) is 14.9. The minimum Gasteiger partial charge on any atom is -0.656 e. The third kappa shape index (κ3) is 9.78. The van der Waals surface area contributed by atoms with Crippen molar-refractivity contribution in [2.75, 3.05) is 0 Å². The molecule has 17 unspecified atom stereocenters. The summed E-state index contributed by atoms with van der Waals surface area (Å²) in [4.78, 5) is 36.6. The fourth-order valence-corrected chi connectivity index (χ4v) is 10.4. The number of aliphatic carboxylic acids is 3. The summed E-state index contributed by atoms with van der Waals surface area (Å²) >= 11 is 0. The minimum absolute atomic E-state index is 0. The van der Waals surface area contributed by atoms with Crippen molar-refractivity contribution in [3.05, 3.63) is 23.3 Å². The van der Waals surface area contributed by atoms with Gasteiger partial charge in [0.15, 0.2) is 0 Å². The van der Waals surface area contributed by atoms with Crippen LogP contribution in [0.3, 0.4) is 0 Å². The van der Waals surface area contributed by atoms with Crippen LogP contribution < -0.4 is 115 Å². The summed E-state index contributed by atoms with van der Waals surface area (Å²) < 4.78 is 0. The number of hydrogen-bond acceptors (Lipinski definition) is 8. The number of rotatable bonds is 8. The first-order chi connectivity index (χ1) is 20.9. The molecule has 0 amide bonds. The fourth-order valence-electron chi connectivity index (χ4n) is 10.4. The van der Waals surface area contributed by atoms with E-state index in [1.54, 1.807) is 0 Å². The zero-order valence-electron chi connectivity index (χ0n) is 30.2. The number of carboxylic acids is 3. The van der Waals surface area contributed by atoms with Gasteiger partial charge in [0.25, 0.3) is 0 Å². The van der Waals surface area contributed by atoms with Gasteiger partial charge in [-0.05, 0) is 60.7 Å². The summed E-state index contributed by atoms with van der Waals surface area (Å²) in [5.41, 5.74) is 0. The zero-order chi connectivity index (χ0) is 32.0. The van der Waals surface area contributed by atoms with Crippen LogP contribution in [0.15, 0.2) is 12.7 Å². The first kappa shape index (κ1) is 47.5. The quantitative estimate of drug-likeness (QED) is 0.182. The number of nitrogens with zero attached hydrogens (tertiary/aromatic N) is 2. The maximum Gasteiger partial charge on any atom is 2.00 e. The van der Waals surface area contributed by atoms with Crippen molar-refractivity contribution < 1.29 is 135 Å². The van der Waals surface area contributed by atoms with E-state index in [1.807, 2.05) is 6.92 Å². The molecule has 17 atom stereocenters. The predicted octanol–water partition coefficient (Wildman–Crippen LogP) is -8.25. The van der Waals surface area contributed by atoms with Crippen LogP contribution in [0.1, 0.15) is 79.6 Å². The van der Waals surface area contributed by atoms with Crippen LogP contribution >= 0.6 is 0 Å². The van der Waals surface area contributed by atoms with E-state index < -0.39 is 41.8 Å². The van der Waals surface area contributed by atoms with Gasteiger partial charge >= 0.3 is 106 Å². The molecule has 14 heteroatoms. The summed E-state index contributed by atoms with van der Waals surface area (Å²) in [7, 11) is 0. The van der Waals surface area contributed by atoms with Crippen molar-refractivity contribution in [2.24, 2.45) is 53.3 Å². The summed E-state index contributed by atoms with van der Waals surface area (Å²) in [5.74, 6) is -4.38. The number of carbonyl (C=O) groups excluding carboxylic acids is 3. The van der Waals surface area contributed by atoms with Gasteiger partial charge in [-0.3, -0.25) is 0 Å². The first-order valence-corrected chi connectivity index (χ1v) is 17.0. The molecule has 5 aliphatic rings. The van der Waals surface area contributed by atoms with Gasteiger partial charge in [0.2, 0.25) is 0 Å². The van der Waals surface area contributed by atoms with Gasteiger partial charge in [-0.15, -0.1) is 30.7 Å². The van der Waals surface area contributed by atoms with E-state index in [0.29, 0.717) is 24.7 Å². The average molecular weight is 744 g/mol. The Kier molecular flexibility index (Phi) is 20.1. The molecule has 0 spiro atoms. The molecule has 10 nitrogen and oxygen atoms in total. The standard InChI is InChI=1S/C34H54N4O6.Cu.3Na/c1-7-19-15(3)23-12-25-17(5)21(9-10-29(39)40)32(37-25)22(11-30(41)42)33-31(34(43)44)18(6)26(38-33)14-28-20(8-2)16(4)24(36-28)13-27(19)35-23;;;;/h7,15-28,31-33,36-37H,1,8-14H2,2-6H3,(H,39,40)(H,41,42)(H,43,44);;;;/q-2;+2;3*+1/p-3. The average Bonchev–Trinajstić information content (AvgIpc) is 3.63. The summed E-state index contributed by atoms with van der Waals surface area (Å²) in [6, 6.07) is -0.884. The second-order valence-corrected chi connectivity index (χ2v) is 14.9. The Morgan fingerprint density at radius 1 is 0.750 bits per heavy atom. The van der Waals surface area contributed by atoms with Crippen molar-refractivity contribution in [1.29, 1.82) is 0 Å². The molecular formula is C34H51CuN4Na3O6. The van der Waals surface area contributed by atoms with Gasteiger partial charge < -0.3 is 51.0 Å². The molecule has 0 aliphatic carbocycles. The third-order valence-electron chi connectivity index (χ3n) is 12.9. The molecule has 5 saturated heterocycles.